The van der Waals surface area contributed by atoms with Crippen LogP contribution >= 0.6 is 0 Å². The van der Waals surface area contributed by atoms with E-state index in [1.165, 1.54) is 6.92 Å². The van der Waals surface area contributed by atoms with Crippen molar-refractivity contribution >= 4 is 5.78 Å². The Balaban J connectivity index is 1.61. The van der Waals surface area contributed by atoms with Crippen molar-refractivity contribution in [1.29, 1.82) is 0 Å². The summed E-state index contributed by atoms with van der Waals surface area (Å²) in [6.45, 7) is 1.95. The monoisotopic (exact) mass is 336 g/mol. The van der Waals surface area contributed by atoms with Gasteiger partial charge < -0.3 is 9.15 Å². The van der Waals surface area contributed by atoms with Gasteiger partial charge in [0, 0.05) is 19.4 Å². The summed E-state index contributed by atoms with van der Waals surface area (Å²) in [6.07, 6.45) is 1.79. The van der Waals surface area contributed by atoms with Gasteiger partial charge >= 0.3 is 5.92 Å². The second kappa shape index (κ2) is 8.39. The number of rotatable bonds is 10. The van der Waals surface area contributed by atoms with Gasteiger partial charge in [0.05, 0.1) is 6.61 Å². The Hall–Kier alpha value is -2.49. The Kier molecular flexibility index (Phi) is 6.24. The van der Waals surface area contributed by atoms with Crippen molar-refractivity contribution in [2.24, 2.45) is 0 Å². The Morgan fingerprint density at radius 2 is 2.04 bits per heavy atom. The SMILES string of the molecule is Cc1nnc(C(=O)C(F)(F)CCCCCCOc2cc#ccc2)o1. The number of Topliss-reactive ketones (excluding diaryl/α,β-unsaturated/α-hetero) is 1. The first-order valence-electron chi connectivity index (χ1n) is 7.72. The number of hydrogen-bond acceptors (Lipinski definition) is 5. The fourth-order valence-electron chi connectivity index (χ4n) is 2.07. The van der Waals surface area contributed by atoms with Crippen molar-refractivity contribution < 1.29 is 22.7 Å². The zero-order valence-corrected chi connectivity index (χ0v) is 13.3. The third-order valence-electron chi connectivity index (χ3n) is 3.33. The number of nitrogens with zero attached hydrogens (tertiary/aromatic N) is 2. The average Bonchev–Trinajstić information content (AvgIpc) is 3.00. The van der Waals surface area contributed by atoms with E-state index in [-0.39, 0.29) is 12.3 Å². The molecule has 0 aliphatic rings. The summed E-state index contributed by atoms with van der Waals surface area (Å²) in [5.41, 5.74) is 0. The van der Waals surface area contributed by atoms with E-state index in [0.717, 1.165) is 12.8 Å². The molecule has 0 fully saturated rings. The van der Waals surface area contributed by atoms with Crippen LogP contribution in [0, 0.1) is 19.1 Å². The summed E-state index contributed by atoms with van der Waals surface area (Å²) in [5.74, 6) is -4.73. The van der Waals surface area contributed by atoms with E-state index in [1.807, 2.05) is 0 Å². The molecule has 2 aromatic rings. The largest absolute Gasteiger partial charge is 0.493 e. The molecule has 7 heteroatoms. The zero-order valence-electron chi connectivity index (χ0n) is 13.3. The van der Waals surface area contributed by atoms with Gasteiger partial charge in [-0.1, -0.05) is 25.0 Å². The molecule has 24 heavy (non-hydrogen) atoms. The lowest BCUT2D eigenvalue weighted by atomic mass is 10.1. The molecule has 0 aliphatic heterocycles. The fourth-order valence-corrected chi connectivity index (χ4v) is 2.07. The molecule has 1 aromatic carbocycles. The molecule has 128 valence electrons. The Labute approximate surface area is 139 Å². The number of unbranched alkanes of at least 4 members (excludes halogenated alkanes) is 3. The molecular weight excluding hydrogens is 318 g/mol. The third-order valence-corrected chi connectivity index (χ3v) is 3.33. The predicted octanol–water partition coefficient (Wildman–Crippen LogP) is 3.83. The molecule has 0 radical (unpaired) electrons. The highest BCUT2D eigenvalue weighted by Gasteiger charge is 2.41. The van der Waals surface area contributed by atoms with Gasteiger partial charge in [-0.3, -0.25) is 4.79 Å². The van der Waals surface area contributed by atoms with Crippen LogP contribution in [0.2, 0.25) is 0 Å². The van der Waals surface area contributed by atoms with Gasteiger partial charge in [0.25, 0.3) is 11.7 Å². The van der Waals surface area contributed by atoms with E-state index in [4.69, 9.17) is 9.15 Å². The van der Waals surface area contributed by atoms with E-state index >= 15 is 0 Å². The summed E-state index contributed by atoms with van der Waals surface area (Å²) in [6, 6.07) is 10.7. The summed E-state index contributed by atoms with van der Waals surface area (Å²) < 4.78 is 37.8. The number of aromatic nitrogens is 2. The standard InChI is InChI=1S/C17H18F2N2O3/c1-13-20-21-16(24-13)15(22)17(18,19)11-7-2-3-8-12-23-14-9-5-4-6-10-14/h5,9-10H,2-3,7-8,11-12H2,1H3. The smallest absolute Gasteiger partial charge is 0.314 e. The molecule has 0 unspecified atom stereocenters. The van der Waals surface area contributed by atoms with E-state index < -0.39 is 24.0 Å². The second-order valence-electron chi connectivity index (χ2n) is 5.34. The lowest BCUT2D eigenvalue weighted by molar-refractivity contribution is 0.000256. The predicted molar refractivity (Wildman–Crippen MR) is 81.0 cm³/mol. The molecule has 5 nitrogen and oxygen atoms in total. The number of ether oxygens (including phenoxy) is 1. The molecule has 0 saturated carbocycles. The highest BCUT2D eigenvalue weighted by molar-refractivity contribution is 5.97. The fraction of sp³-hybridized carbons (Fsp3) is 0.471. The zero-order chi connectivity index (χ0) is 17.4. The van der Waals surface area contributed by atoms with Crippen LogP contribution in [-0.4, -0.2) is 28.5 Å². The van der Waals surface area contributed by atoms with Crippen molar-refractivity contribution in [3.05, 3.63) is 42.1 Å². The van der Waals surface area contributed by atoms with Crippen molar-refractivity contribution in [2.45, 2.75) is 45.0 Å². The lowest BCUT2D eigenvalue weighted by Gasteiger charge is -2.12. The van der Waals surface area contributed by atoms with Gasteiger partial charge in [0.15, 0.2) is 0 Å². The quantitative estimate of drug-likeness (QED) is 0.487. The van der Waals surface area contributed by atoms with Crippen LogP contribution in [0.4, 0.5) is 8.78 Å². The van der Waals surface area contributed by atoms with Crippen LogP contribution in [0.15, 0.2) is 22.6 Å². The van der Waals surface area contributed by atoms with Crippen LogP contribution in [0.3, 0.4) is 0 Å². The average molecular weight is 336 g/mol. The molecular formula is C17H18F2N2O3. The van der Waals surface area contributed by atoms with Gasteiger partial charge in [0.1, 0.15) is 5.75 Å². The van der Waals surface area contributed by atoms with E-state index in [0.29, 0.717) is 18.8 Å². The molecule has 1 aromatic heterocycles. The van der Waals surface area contributed by atoms with Crippen molar-refractivity contribution in [3.63, 3.8) is 0 Å². The molecule has 0 spiro atoms. The number of hydrogen-bond donors (Lipinski definition) is 0. The second-order valence-corrected chi connectivity index (χ2v) is 5.34. The highest BCUT2D eigenvalue weighted by Crippen LogP contribution is 2.26. The van der Waals surface area contributed by atoms with Crippen LogP contribution in [0.25, 0.3) is 0 Å². The Bertz CT molecular complexity index is 644. The minimum Gasteiger partial charge on any atom is -0.493 e. The molecule has 0 bridgehead atoms. The van der Waals surface area contributed by atoms with Crippen LogP contribution in [0.1, 0.15) is 48.7 Å². The molecule has 2 rings (SSSR count). The molecule has 0 atom stereocenters. The third kappa shape index (κ3) is 5.30. The summed E-state index contributed by atoms with van der Waals surface area (Å²) in [5, 5.41) is 6.73. The maximum atomic E-state index is 13.8. The summed E-state index contributed by atoms with van der Waals surface area (Å²) >= 11 is 0. The highest BCUT2D eigenvalue weighted by atomic mass is 19.3. The summed E-state index contributed by atoms with van der Waals surface area (Å²) in [7, 11) is 0. The number of alkyl halides is 2. The van der Waals surface area contributed by atoms with Gasteiger partial charge in [-0.05, 0) is 25.0 Å². The van der Waals surface area contributed by atoms with E-state index in [9.17, 15) is 13.6 Å². The Morgan fingerprint density at radius 3 is 2.71 bits per heavy atom. The van der Waals surface area contributed by atoms with Crippen LogP contribution in [0.5, 0.6) is 5.75 Å². The molecule has 1 heterocycles. The molecule has 0 N–H and O–H groups in total. The normalized spacial score (nSPS) is 11.1. The minimum absolute atomic E-state index is 0.0862. The van der Waals surface area contributed by atoms with E-state index in [1.54, 1.807) is 18.2 Å². The molecule has 0 aliphatic carbocycles. The lowest BCUT2D eigenvalue weighted by Crippen LogP contribution is -2.29. The summed E-state index contributed by atoms with van der Waals surface area (Å²) in [4.78, 5) is 11.6. The van der Waals surface area contributed by atoms with Crippen molar-refractivity contribution in [3.8, 4) is 5.75 Å². The molecule has 0 amide bonds. The van der Waals surface area contributed by atoms with Crippen molar-refractivity contribution in [1.82, 2.24) is 10.2 Å². The first-order valence-corrected chi connectivity index (χ1v) is 7.72. The maximum absolute atomic E-state index is 13.8. The van der Waals surface area contributed by atoms with Gasteiger partial charge in [-0.15, -0.1) is 10.2 Å². The number of carbonyl (C=O) groups is 1. The molecule has 0 saturated heterocycles. The Morgan fingerprint density at radius 1 is 1.25 bits per heavy atom. The first kappa shape index (κ1) is 17.9. The van der Waals surface area contributed by atoms with Crippen LogP contribution < -0.4 is 4.74 Å². The minimum atomic E-state index is -3.48. The van der Waals surface area contributed by atoms with Gasteiger partial charge in [-0.2, -0.15) is 8.78 Å². The van der Waals surface area contributed by atoms with Crippen LogP contribution in [-0.2, 0) is 0 Å². The first-order chi connectivity index (χ1) is 11.5. The number of carbonyl (C=O) groups excluding carboxylic acids is 1. The maximum Gasteiger partial charge on any atom is 0.314 e. The van der Waals surface area contributed by atoms with Gasteiger partial charge in [-0.25, -0.2) is 0 Å². The van der Waals surface area contributed by atoms with Crippen molar-refractivity contribution in [2.75, 3.05) is 6.61 Å². The van der Waals surface area contributed by atoms with E-state index in [2.05, 4.69) is 22.3 Å². The number of halogens is 2. The number of aryl methyl sites for hydroxylation is 1. The number of ketones is 1. The topological polar surface area (TPSA) is 65.2 Å². The van der Waals surface area contributed by atoms with Gasteiger partial charge in [0.2, 0.25) is 5.89 Å².